The van der Waals surface area contributed by atoms with Gasteiger partial charge in [-0.3, -0.25) is 0 Å². The van der Waals surface area contributed by atoms with Crippen LogP contribution in [0.2, 0.25) is 0 Å². The molecule has 1 aliphatic rings. The van der Waals surface area contributed by atoms with Crippen molar-refractivity contribution < 1.29 is 14.0 Å². The third kappa shape index (κ3) is 2.09. The topological polar surface area (TPSA) is 83.4 Å². The fraction of sp³-hybridized carbons (Fsp3) is 0.800. The highest BCUT2D eigenvalue weighted by Crippen LogP contribution is 2.33. The molecule has 0 radical (unpaired) electrons. The highest BCUT2D eigenvalue weighted by Gasteiger charge is 2.39. The van der Waals surface area contributed by atoms with E-state index in [-0.39, 0.29) is 0 Å². The van der Waals surface area contributed by atoms with Crippen molar-refractivity contribution in [3.8, 4) is 0 Å². The van der Waals surface area contributed by atoms with E-state index in [1.165, 1.54) is 0 Å². The summed E-state index contributed by atoms with van der Waals surface area (Å²) in [6, 6.07) is 0. The number of aromatic nitrogens is 2. The molecule has 2 N–H and O–H groups in total. The first-order valence-corrected chi connectivity index (χ1v) is 5.47. The standard InChI is InChI=1S/C10H17N3O3/c1-14-10(3-6-15-7-4-10)9-12-8(2-5-11)16-13-9/h2-7,11H2,1H3. The van der Waals surface area contributed by atoms with Crippen molar-refractivity contribution in [2.45, 2.75) is 24.9 Å². The maximum atomic E-state index is 5.56. The van der Waals surface area contributed by atoms with Crippen LogP contribution >= 0.6 is 0 Å². The van der Waals surface area contributed by atoms with Crippen molar-refractivity contribution in [2.24, 2.45) is 5.73 Å². The second kappa shape index (κ2) is 4.90. The van der Waals surface area contributed by atoms with Crippen LogP contribution in [0.3, 0.4) is 0 Å². The maximum Gasteiger partial charge on any atom is 0.228 e. The summed E-state index contributed by atoms with van der Waals surface area (Å²) < 4.78 is 16.0. The summed E-state index contributed by atoms with van der Waals surface area (Å²) in [5, 5.41) is 3.98. The van der Waals surface area contributed by atoms with E-state index >= 15 is 0 Å². The molecular formula is C10H17N3O3. The lowest BCUT2D eigenvalue weighted by Crippen LogP contribution is -2.36. The molecule has 0 atom stereocenters. The third-order valence-corrected chi connectivity index (χ3v) is 2.93. The van der Waals surface area contributed by atoms with Crippen molar-refractivity contribution in [3.05, 3.63) is 11.7 Å². The van der Waals surface area contributed by atoms with Crippen LogP contribution in [0.25, 0.3) is 0 Å². The Kier molecular flexibility index (Phi) is 3.52. The minimum Gasteiger partial charge on any atom is -0.381 e. The first kappa shape index (κ1) is 11.5. The van der Waals surface area contributed by atoms with Gasteiger partial charge in [-0.25, -0.2) is 0 Å². The molecule has 6 nitrogen and oxygen atoms in total. The predicted molar refractivity (Wildman–Crippen MR) is 55.8 cm³/mol. The largest absolute Gasteiger partial charge is 0.381 e. The average molecular weight is 227 g/mol. The second-order valence-corrected chi connectivity index (χ2v) is 3.86. The van der Waals surface area contributed by atoms with E-state index in [9.17, 15) is 0 Å². The van der Waals surface area contributed by atoms with Crippen LogP contribution in [0.15, 0.2) is 4.52 Å². The molecule has 1 aliphatic heterocycles. The van der Waals surface area contributed by atoms with Gasteiger partial charge in [-0.05, 0) is 0 Å². The minimum atomic E-state index is -0.450. The van der Waals surface area contributed by atoms with Gasteiger partial charge in [0.1, 0.15) is 5.60 Å². The van der Waals surface area contributed by atoms with Gasteiger partial charge in [0.2, 0.25) is 11.7 Å². The average Bonchev–Trinajstić information content (AvgIpc) is 2.80. The lowest BCUT2D eigenvalue weighted by molar-refractivity contribution is -0.101. The van der Waals surface area contributed by atoms with Crippen molar-refractivity contribution in [1.29, 1.82) is 0 Å². The van der Waals surface area contributed by atoms with Gasteiger partial charge in [0.25, 0.3) is 0 Å². The van der Waals surface area contributed by atoms with Crippen LogP contribution in [0.1, 0.15) is 24.6 Å². The molecule has 6 heteroatoms. The maximum absolute atomic E-state index is 5.56. The van der Waals surface area contributed by atoms with E-state index in [1.807, 2.05) is 0 Å². The fourth-order valence-corrected chi connectivity index (χ4v) is 1.89. The lowest BCUT2D eigenvalue weighted by atomic mass is 9.93. The van der Waals surface area contributed by atoms with Gasteiger partial charge in [0.05, 0.1) is 0 Å². The van der Waals surface area contributed by atoms with Crippen molar-refractivity contribution in [2.75, 3.05) is 26.9 Å². The summed E-state index contributed by atoms with van der Waals surface area (Å²) in [4.78, 5) is 4.33. The molecule has 0 spiro atoms. The molecule has 0 bridgehead atoms. The molecule has 1 aromatic heterocycles. The highest BCUT2D eigenvalue weighted by atomic mass is 16.5. The van der Waals surface area contributed by atoms with Gasteiger partial charge in [0, 0.05) is 46.1 Å². The lowest BCUT2D eigenvalue weighted by Gasteiger charge is -2.32. The van der Waals surface area contributed by atoms with E-state index in [0.29, 0.717) is 37.9 Å². The summed E-state index contributed by atoms with van der Waals surface area (Å²) >= 11 is 0. The molecule has 1 aromatic rings. The molecular weight excluding hydrogens is 210 g/mol. The summed E-state index contributed by atoms with van der Waals surface area (Å²) in [7, 11) is 1.67. The van der Waals surface area contributed by atoms with E-state index in [2.05, 4.69) is 10.1 Å². The quantitative estimate of drug-likeness (QED) is 0.792. The van der Waals surface area contributed by atoms with Gasteiger partial charge in [-0.2, -0.15) is 4.98 Å². The molecule has 90 valence electrons. The molecule has 0 aliphatic carbocycles. The summed E-state index contributed by atoms with van der Waals surface area (Å²) in [6.07, 6.45) is 2.11. The molecule has 16 heavy (non-hydrogen) atoms. The Bertz CT molecular complexity index is 334. The first-order valence-electron chi connectivity index (χ1n) is 5.47. The fourth-order valence-electron chi connectivity index (χ4n) is 1.89. The highest BCUT2D eigenvalue weighted by molar-refractivity contribution is 5.03. The van der Waals surface area contributed by atoms with Crippen molar-refractivity contribution in [1.82, 2.24) is 10.1 Å². The van der Waals surface area contributed by atoms with Crippen LogP contribution in [-0.4, -0.2) is 37.0 Å². The van der Waals surface area contributed by atoms with Crippen molar-refractivity contribution in [3.63, 3.8) is 0 Å². The summed E-state index contributed by atoms with van der Waals surface area (Å²) in [6.45, 7) is 1.83. The van der Waals surface area contributed by atoms with Gasteiger partial charge in [-0.15, -0.1) is 0 Å². The monoisotopic (exact) mass is 227 g/mol. The van der Waals surface area contributed by atoms with Gasteiger partial charge in [-0.1, -0.05) is 5.16 Å². The summed E-state index contributed by atoms with van der Waals surface area (Å²) in [5.74, 6) is 1.18. The van der Waals surface area contributed by atoms with E-state index in [4.69, 9.17) is 19.7 Å². The van der Waals surface area contributed by atoms with E-state index < -0.39 is 5.60 Å². The second-order valence-electron chi connectivity index (χ2n) is 3.86. The van der Waals surface area contributed by atoms with Crippen LogP contribution in [0.4, 0.5) is 0 Å². The van der Waals surface area contributed by atoms with Gasteiger partial charge >= 0.3 is 0 Å². The Labute approximate surface area is 94.1 Å². The Hall–Kier alpha value is -0.980. The number of rotatable bonds is 4. The molecule has 2 heterocycles. The summed E-state index contributed by atoms with van der Waals surface area (Å²) in [5.41, 5.74) is 4.98. The Balaban J connectivity index is 2.18. The molecule has 0 aromatic carbocycles. The van der Waals surface area contributed by atoms with Crippen LogP contribution < -0.4 is 5.73 Å². The third-order valence-electron chi connectivity index (χ3n) is 2.93. The number of methoxy groups -OCH3 is 1. The molecule has 0 unspecified atom stereocenters. The molecule has 1 saturated heterocycles. The normalized spacial score (nSPS) is 19.9. The zero-order chi connectivity index (χ0) is 11.4. The van der Waals surface area contributed by atoms with Gasteiger partial charge < -0.3 is 19.7 Å². The Morgan fingerprint density at radius 2 is 2.19 bits per heavy atom. The zero-order valence-corrected chi connectivity index (χ0v) is 9.44. The van der Waals surface area contributed by atoms with Crippen LogP contribution in [-0.2, 0) is 21.5 Å². The number of ether oxygens (including phenoxy) is 2. The van der Waals surface area contributed by atoms with E-state index in [0.717, 1.165) is 12.8 Å². The minimum absolute atomic E-state index is 0.450. The predicted octanol–water partition coefficient (Wildman–Crippen LogP) is 0.223. The SMILES string of the molecule is COC1(c2noc(CCN)n2)CCOCC1. The Morgan fingerprint density at radius 3 is 2.81 bits per heavy atom. The number of hydrogen-bond acceptors (Lipinski definition) is 6. The number of nitrogens with zero attached hydrogens (tertiary/aromatic N) is 2. The molecule has 1 fully saturated rings. The van der Waals surface area contributed by atoms with Gasteiger partial charge in [0.15, 0.2) is 0 Å². The smallest absolute Gasteiger partial charge is 0.228 e. The number of nitrogens with two attached hydrogens (primary N) is 1. The molecule has 2 rings (SSSR count). The zero-order valence-electron chi connectivity index (χ0n) is 9.44. The number of hydrogen-bond donors (Lipinski definition) is 1. The Morgan fingerprint density at radius 1 is 1.44 bits per heavy atom. The van der Waals surface area contributed by atoms with Crippen LogP contribution in [0, 0.1) is 0 Å². The first-order chi connectivity index (χ1) is 7.80. The molecule has 0 amide bonds. The van der Waals surface area contributed by atoms with Crippen molar-refractivity contribution >= 4 is 0 Å². The van der Waals surface area contributed by atoms with Crippen LogP contribution in [0.5, 0.6) is 0 Å². The van der Waals surface area contributed by atoms with E-state index in [1.54, 1.807) is 7.11 Å². The molecule has 0 saturated carbocycles.